The molecule has 18 heavy (non-hydrogen) atoms. The van der Waals surface area contributed by atoms with E-state index in [1.54, 1.807) is 12.1 Å². The summed E-state index contributed by atoms with van der Waals surface area (Å²) in [6.45, 7) is 0. The molecule has 90 valence electrons. The summed E-state index contributed by atoms with van der Waals surface area (Å²) in [6.07, 6.45) is 1.40. The third-order valence-electron chi connectivity index (χ3n) is 2.32. The second-order valence-corrected chi connectivity index (χ2v) is 4.74. The van der Waals surface area contributed by atoms with Gasteiger partial charge >= 0.3 is 0 Å². The SMILES string of the molecule is N#Cc1cc(-c2cc(Cl)cc(Cl)c2Cl)ncc1N. The topological polar surface area (TPSA) is 62.7 Å². The Bertz CT molecular complexity index is 662. The number of hydrogen-bond acceptors (Lipinski definition) is 3. The van der Waals surface area contributed by atoms with Crippen molar-refractivity contribution in [3.63, 3.8) is 0 Å². The molecule has 6 heteroatoms. The molecule has 0 spiro atoms. The van der Waals surface area contributed by atoms with Gasteiger partial charge in [0.25, 0.3) is 0 Å². The molecule has 0 saturated carbocycles. The summed E-state index contributed by atoms with van der Waals surface area (Å²) >= 11 is 17.9. The van der Waals surface area contributed by atoms with Crippen LogP contribution in [0.1, 0.15) is 5.56 Å². The van der Waals surface area contributed by atoms with Crippen LogP contribution in [0, 0.1) is 11.3 Å². The molecule has 0 unspecified atom stereocenters. The van der Waals surface area contributed by atoms with Crippen LogP contribution in [0.3, 0.4) is 0 Å². The van der Waals surface area contributed by atoms with Gasteiger partial charge in [-0.15, -0.1) is 0 Å². The molecule has 2 aromatic rings. The number of pyridine rings is 1. The number of nitrogens with two attached hydrogens (primary N) is 1. The monoisotopic (exact) mass is 297 g/mol. The number of benzene rings is 1. The molecule has 0 atom stereocenters. The Kier molecular flexibility index (Phi) is 3.63. The van der Waals surface area contributed by atoms with Gasteiger partial charge in [-0.1, -0.05) is 34.8 Å². The second kappa shape index (κ2) is 5.03. The molecule has 2 N–H and O–H groups in total. The van der Waals surface area contributed by atoms with E-state index in [-0.39, 0.29) is 0 Å². The van der Waals surface area contributed by atoms with Crippen molar-refractivity contribution in [1.29, 1.82) is 5.26 Å². The zero-order valence-corrected chi connectivity index (χ0v) is 11.2. The van der Waals surface area contributed by atoms with Crippen LogP contribution in [0.4, 0.5) is 5.69 Å². The molecular formula is C12H6Cl3N3. The lowest BCUT2D eigenvalue weighted by atomic mass is 10.1. The van der Waals surface area contributed by atoms with Crippen LogP contribution >= 0.6 is 34.8 Å². The highest BCUT2D eigenvalue weighted by Crippen LogP contribution is 2.36. The molecule has 0 aliphatic heterocycles. The van der Waals surface area contributed by atoms with Crippen LogP contribution in [0.2, 0.25) is 15.1 Å². The Morgan fingerprint density at radius 3 is 2.56 bits per heavy atom. The van der Waals surface area contributed by atoms with Gasteiger partial charge < -0.3 is 5.73 Å². The number of rotatable bonds is 1. The molecule has 2 rings (SSSR count). The van der Waals surface area contributed by atoms with E-state index >= 15 is 0 Å². The largest absolute Gasteiger partial charge is 0.396 e. The summed E-state index contributed by atoms with van der Waals surface area (Å²) in [5.41, 5.74) is 7.30. The van der Waals surface area contributed by atoms with Crippen molar-refractivity contribution < 1.29 is 0 Å². The average Bonchev–Trinajstić information content (AvgIpc) is 2.34. The third kappa shape index (κ3) is 2.37. The van der Waals surface area contributed by atoms with E-state index in [1.807, 2.05) is 6.07 Å². The number of hydrogen-bond donors (Lipinski definition) is 1. The van der Waals surface area contributed by atoms with E-state index in [9.17, 15) is 0 Å². The molecule has 0 fully saturated rings. The van der Waals surface area contributed by atoms with Crippen molar-refractivity contribution in [3.05, 3.63) is 45.0 Å². The minimum atomic E-state index is 0.311. The number of nitrogens with zero attached hydrogens (tertiary/aromatic N) is 2. The van der Waals surface area contributed by atoms with E-state index in [2.05, 4.69) is 4.98 Å². The molecule has 1 aromatic carbocycles. The zero-order chi connectivity index (χ0) is 13.3. The normalized spacial score (nSPS) is 10.1. The van der Waals surface area contributed by atoms with Crippen molar-refractivity contribution in [2.45, 2.75) is 0 Å². The van der Waals surface area contributed by atoms with Gasteiger partial charge in [-0.05, 0) is 18.2 Å². The molecule has 0 aliphatic carbocycles. The first kappa shape index (κ1) is 13.0. The summed E-state index contributed by atoms with van der Waals surface area (Å²) < 4.78 is 0. The molecule has 1 aromatic heterocycles. The van der Waals surface area contributed by atoms with Crippen LogP contribution in [-0.2, 0) is 0 Å². The maximum Gasteiger partial charge on any atom is 0.101 e. The van der Waals surface area contributed by atoms with Gasteiger partial charge in [0.2, 0.25) is 0 Å². The Morgan fingerprint density at radius 2 is 1.89 bits per heavy atom. The first-order valence-electron chi connectivity index (χ1n) is 4.83. The summed E-state index contributed by atoms with van der Waals surface area (Å²) in [4.78, 5) is 4.12. The van der Waals surface area contributed by atoms with Crippen molar-refractivity contribution >= 4 is 40.5 Å². The van der Waals surface area contributed by atoms with Gasteiger partial charge in [0.1, 0.15) is 6.07 Å². The Balaban J connectivity index is 2.66. The van der Waals surface area contributed by atoms with Crippen LogP contribution < -0.4 is 5.73 Å². The number of halogens is 3. The molecule has 0 bridgehead atoms. The number of anilines is 1. The Morgan fingerprint density at radius 1 is 1.17 bits per heavy atom. The number of nitrogen functional groups attached to an aromatic ring is 1. The van der Waals surface area contributed by atoms with E-state index in [1.165, 1.54) is 12.3 Å². The Hall–Kier alpha value is -1.47. The average molecular weight is 299 g/mol. The summed E-state index contributed by atoms with van der Waals surface area (Å²) in [5.74, 6) is 0. The molecule has 0 radical (unpaired) electrons. The van der Waals surface area contributed by atoms with E-state index in [0.29, 0.717) is 37.6 Å². The lowest BCUT2D eigenvalue weighted by Crippen LogP contribution is -1.94. The van der Waals surface area contributed by atoms with Gasteiger partial charge in [-0.3, -0.25) is 4.98 Å². The van der Waals surface area contributed by atoms with Crippen molar-refractivity contribution in [2.75, 3.05) is 5.73 Å². The summed E-state index contributed by atoms with van der Waals surface area (Å²) in [5, 5.41) is 10.0. The smallest absolute Gasteiger partial charge is 0.101 e. The molecule has 0 saturated heterocycles. The van der Waals surface area contributed by atoms with Crippen LogP contribution in [0.5, 0.6) is 0 Å². The van der Waals surface area contributed by atoms with Crippen molar-refractivity contribution in [3.8, 4) is 17.3 Å². The number of aromatic nitrogens is 1. The maximum atomic E-state index is 8.93. The number of nitriles is 1. The third-order valence-corrected chi connectivity index (χ3v) is 3.34. The highest BCUT2D eigenvalue weighted by atomic mass is 35.5. The lowest BCUT2D eigenvalue weighted by molar-refractivity contribution is 1.31. The highest BCUT2D eigenvalue weighted by Gasteiger charge is 2.12. The molecule has 0 aliphatic rings. The van der Waals surface area contributed by atoms with Gasteiger partial charge in [-0.2, -0.15) is 5.26 Å². The summed E-state index contributed by atoms with van der Waals surface area (Å²) in [6, 6.07) is 6.70. The predicted octanol–water partition coefficient (Wildman–Crippen LogP) is 4.16. The first-order chi connectivity index (χ1) is 8.52. The van der Waals surface area contributed by atoms with Gasteiger partial charge in [0.15, 0.2) is 0 Å². The van der Waals surface area contributed by atoms with E-state index < -0.39 is 0 Å². The molecule has 3 nitrogen and oxygen atoms in total. The first-order valence-corrected chi connectivity index (χ1v) is 5.97. The minimum Gasteiger partial charge on any atom is -0.396 e. The van der Waals surface area contributed by atoms with Crippen LogP contribution in [0.15, 0.2) is 24.4 Å². The Labute approximate surface area is 119 Å². The molecule has 0 amide bonds. The second-order valence-electron chi connectivity index (χ2n) is 3.52. The fourth-order valence-electron chi connectivity index (χ4n) is 1.45. The van der Waals surface area contributed by atoms with Crippen molar-refractivity contribution in [1.82, 2.24) is 4.98 Å². The van der Waals surface area contributed by atoms with Gasteiger partial charge in [-0.25, -0.2) is 0 Å². The quantitative estimate of drug-likeness (QED) is 0.804. The standard InChI is InChI=1S/C12H6Cl3N3/c13-7-2-8(12(15)9(14)3-7)11-1-6(4-16)10(17)5-18-11/h1-3,5H,17H2. The van der Waals surface area contributed by atoms with Gasteiger partial charge in [0, 0.05) is 10.6 Å². The van der Waals surface area contributed by atoms with Gasteiger partial charge in [0.05, 0.1) is 33.2 Å². The highest BCUT2D eigenvalue weighted by molar-refractivity contribution is 6.45. The van der Waals surface area contributed by atoms with E-state index in [0.717, 1.165) is 0 Å². The minimum absolute atomic E-state index is 0.311. The zero-order valence-electron chi connectivity index (χ0n) is 8.92. The lowest BCUT2D eigenvalue weighted by Gasteiger charge is -2.07. The van der Waals surface area contributed by atoms with Crippen LogP contribution in [-0.4, -0.2) is 4.98 Å². The maximum absolute atomic E-state index is 8.93. The summed E-state index contributed by atoms with van der Waals surface area (Å²) in [7, 11) is 0. The fraction of sp³-hybridized carbons (Fsp3) is 0. The fourth-order valence-corrected chi connectivity index (χ4v) is 2.15. The predicted molar refractivity (Wildman–Crippen MR) is 73.8 cm³/mol. The molecule has 1 heterocycles. The van der Waals surface area contributed by atoms with Crippen LogP contribution in [0.25, 0.3) is 11.3 Å². The van der Waals surface area contributed by atoms with E-state index in [4.69, 9.17) is 45.8 Å². The van der Waals surface area contributed by atoms with Crippen molar-refractivity contribution in [2.24, 2.45) is 0 Å². The molecular weight excluding hydrogens is 293 g/mol.